The summed E-state index contributed by atoms with van der Waals surface area (Å²) in [5, 5.41) is 9.47. The van der Waals surface area contributed by atoms with Crippen LogP contribution in [0.3, 0.4) is 0 Å². The van der Waals surface area contributed by atoms with E-state index in [-0.39, 0.29) is 48.6 Å². The Bertz CT molecular complexity index is 499. The van der Waals surface area contributed by atoms with E-state index in [0.717, 1.165) is 6.42 Å². The molecule has 0 aromatic carbocycles. The minimum atomic E-state index is 0.0118. The SMILES string of the molecule is C=C/C=C\C(C)C(OC)C(C)C(OC)C(C)C/C(C)=C\C(C)C(OC)C(C)CO. The monoisotopic (exact) mass is 410 g/mol. The summed E-state index contributed by atoms with van der Waals surface area (Å²) in [7, 11) is 5.28. The van der Waals surface area contributed by atoms with Crippen molar-refractivity contribution in [2.45, 2.75) is 66.3 Å². The largest absolute Gasteiger partial charge is 0.396 e. The lowest BCUT2D eigenvalue weighted by molar-refractivity contribution is -0.0605. The fourth-order valence-electron chi connectivity index (χ4n) is 4.73. The predicted molar refractivity (Wildman–Crippen MR) is 123 cm³/mol. The average Bonchev–Trinajstić information content (AvgIpc) is 2.67. The van der Waals surface area contributed by atoms with Gasteiger partial charge in [0.1, 0.15) is 0 Å². The minimum absolute atomic E-state index is 0.0118. The van der Waals surface area contributed by atoms with Crippen LogP contribution in [0.2, 0.25) is 0 Å². The molecule has 0 bridgehead atoms. The van der Waals surface area contributed by atoms with Crippen LogP contribution in [0.4, 0.5) is 0 Å². The van der Waals surface area contributed by atoms with Gasteiger partial charge < -0.3 is 19.3 Å². The Kier molecular flexibility index (Phi) is 14.5. The van der Waals surface area contributed by atoms with E-state index in [1.54, 1.807) is 27.4 Å². The smallest absolute Gasteiger partial charge is 0.0681 e. The molecule has 0 spiro atoms. The first-order valence-electron chi connectivity index (χ1n) is 10.8. The summed E-state index contributed by atoms with van der Waals surface area (Å²) in [6.45, 7) is 16.8. The van der Waals surface area contributed by atoms with Gasteiger partial charge in [-0.15, -0.1) is 0 Å². The van der Waals surface area contributed by atoms with Crippen LogP contribution in [-0.2, 0) is 14.2 Å². The summed E-state index contributed by atoms with van der Waals surface area (Å²) in [6.07, 6.45) is 9.31. The number of methoxy groups -OCH3 is 3. The Balaban J connectivity index is 5.22. The zero-order valence-electron chi connectivity index (χ0n) is 20.2. The van der Waals surface area contributed by atoms with Gasteiger partial charge >= 0.3 is 0 Å². The molecule has 0 heterocycles. The third-order valence-corrected chi connectivity index (χ3v) is 6.04. The van der Waals surface area contributed by atoms with Crippen LogP contribution in [0.15, 0.2) is 36.5 Å². The Morgan fingerprint density at radius 2 is 1.41 bits per heavy atom. The number of aliphatic hydroxyl groups is 1. The van der Waals surface area contributed by atoms with E-state index in [1.807, 2.05) is 13.0 Å². The Labute approximate surface area is 180 Å². The molecule has 0 aliphatic carbocycles. The molecule has 8 unspecified atom stereocenters. The van der Waals surface area contributed by atoms with E-state index in [1.165, 1.54) is 5.57 Å². The lowest BCUT2D eigenvalue weighted by Gasteiger charge is -2.35. The van der Waals surface area contributed by atoms with Crippen molar-refractivity contribution < 1.29 is 19.3 Å². The Hall–Kier alpha value is -0.940. The molecule has 0 aromatic rings. The molecule has 0 aliphatic heterocycles. The van der Waals surface area contributed by atoms with Crippen LogP contribution in [0.25, 0.3) is 0 Å². The second kappa shape index (κ2) is 15.0. The van der Waals surface area contributed by atoms with Gasteiger partial charge in [-0.25, -0.2) is 0 Å². The van der Waals surface area contributed by atoms with Crippen molar-refractivity contribution in [2.24, 2.45) is 29.6 Å². The van der Waals surface area contributed by atoms with Crippen LogP contribution in [-0.4, -0.2) is 51.4 Å². The third-order valence-electron chi connectivity index (χ3n) is 6.04. The fourth-order valence-corrected chi connectivity index (χ4v) is 4.73. The van der Waals surface area contributed by atoms with Gasteiger partial charge in [-0.05, 0) is 19.3 Å². The van der Waals surface area contributed by atoms with Crippen molar-refractivity contribution in [1.82, 2.24) is 0 Å². The predicted octanol–water partition coefficient (Wildman–Crippen LogP) is 5.28. The number of rotatable bonds is 15. The molecule has 8 atom stereocenters. The summed E-state index contributed by atoms with van der Waals surface area (Å²) >= 11 is 0. The maximum atomic E-state index is 9.47. The molecule has 0 saturated heterocycles. The standard InChI is InChI=1S/C25H46O4/c1-11-12-13-18(3)24(28-9)22(7)25(29-10)20(5)15-17(2)14-19(4)23(27-8)21(6)16-26/h11-14,18-26H,1,15-16H2,2-10H3/b13-12-,17-14-. The quantitative estimate of drug-likeness (QED) is 0.295. The molecule has 0 radical (unpaired) electrons. The van der Waals surface area contributed by atoms with Gasteiger partial charge in [-0.3, -0.25) is 0 Å². The first kappa shape index (κ1) is 28.1. The number of aliphatic hydroxyl groups excluding tert-OH is 1. The minimum Gasteiger partial charge on any atom is -0.396 e. The number of hydrogen-bond donors (Lipinski definition) is 1. The van der Waals surface area contributed by atoms with Gasteiger partial charge in [0, 0.05) is 51.6 Å². The summed E-state index contributed by atoms with van der Waals surface area (Å²) in [5.41, 5.74) is 1.32. The summed E-state index contributed by atoms with van der Waals surface area (Å²) in [4.78, 5) is 0. The molecule has 0 fully saturated rings. The van der Waals surface area contributed by atoms with Gasteiger partial charge in [0.2, 0.25) is 0 Å². The molecule has 0 saturated carbocycles. The average molecular weight is 411 g/mol. The van der Waals surface area contributed by atoms with Gasteiger partial charge in [0.05, 0.1) is 18.3 Å². The van der Waals surface area contributed by atoms with Gasteiger partial charge in [0.15, 0.2) is 0 Å². The molecule has 170 valence electrons. The Morgan fingerprint density at radius 3 is 1.86 bits per heavy atom. The van der Waals surface area contributed by atoms with Crippen molar-refractivity contribution in [3.05, 3.63) is 36.5 Å². The van der Waals surface area contributed by atoms with Crippen molar-refractivity contribution in [2.75, 3.05) is 27.9 Å². The number of allylic oxidation sites excluding steroid dienone is 3. The summed E-state index contributed by atoms with van der Waals surface area (Å²) < 4.78 is 17.4. The number of ether oxygens (including phenoxy) is 3. The van der Waals surface area contributed by atoms with E-state index in [4.69, 9.17) is 14.2 Å². The second-order valence-corrected chi connectivity index (χ2v) is 8.65. The normalized spacial score (nSPS) is 21.2. The fraction of sp³-hybridized carbons (Fsp3) is 0.760. The summed E-state index contributed by atoms with van der Waals surface area (Å²) in [5.74, 6) is 1.22. The molecule has 1 N–H and O–H groups in total. The first-order valence-corrected chi connectivity index (χ1v) is 10.8. The van der Waals surface area contributed by atoms with Gasteiger partial charge in [-0.2, -0.15) is 0 Å². The highest BCUT2D eigenvalue weighted by Crippen LogP contribution is 2.30. The van der Waals surface area contributed by atoms with Crippen LogP contribution in [0.5, 0.6) is 0 Å². The molecule has 29 heavy (non-hydrogen) atoms. The topological polar surface area (TPSA) is 47.9 Å². The third kappa shape index (κ3) is 9.17. The molecule has 0 aromatic heterocycles. The molecule has 0 rings (SSSR count). The highest BCUT2D eigenvalue weighted by atomic mass is 16.5. The van der Waals surface area contributed by atoms with Crippen molar-refractivity contribution >= 4 is 0 Å². The van der Waals surface area contributed by atoms with Crippen LogP contribution >= 0.6 is 0 Å². The first-order chi connectivity index (χ1) is 13.7. The summed E-state index contributed by atoms with van der Waals surface area (Å²) in [6, 6.07) is 0. The zero-order chi connectivity index (χ0) is 22.6. The maximum absolute atomic E-state index is 9.47. The van der Waals surface area contributed by atoms with E-state index < -0.39 is 0 Å². The van der Waals surface area contributed by atoms with Gasteiger partial charge in [-0.1, -0.05) is 71.1 Å². The maximum Gasteiger partial charge on any atom is 0.0681 e. The van der Waals surface area contributed by atoms with Gasteiger partial charge in [0.25, 0.3) is 0 Å². The lowest BCUT2D eigenvalue weighted by atomic mass is 9.81. The highest BCUT2D eigenvalue weighted by molar-refractivity contribution is 5.05. The molecular formula is C25H46O4. The molecule has 4 heteroatoms. The lowest BCUT2D eigenvalue weighted by Crippen LogP contribution is -2.39. The van der Waals surface area contributed by atoms with Crippen molar-refractivity contribution in [3.8, 4) is 0 Å². The number of hydrogen-bond acceptors (Lipinski definition) is 4. The second-order valence-electron chi connectivity index (χ2n) is 8.65. The molecule has 0 amide bonds. The molecule has 0 aliphatic rings. The Morgan fingerprint density at radius 1 is 0.862 bits per heavy atom. The van der Waals surface area contributed by atoms with E-state index in [9.17, 15) is 5.11 Å². The zero-order valence-corrected chi connectivity index (χ0v) is 20.2. The highest BCUT2D eigenvalue weighted by Gasteiger charge is 2.32. The molecular weight excluding hydrogens is 364 g/mol. The molecule has 4 nitrogen and oxygen atoms in total. The van der Waals surface area contributed by atoms with Crippen molar-refractivity contribution in [3.63, 3.8) is 0 Å². The van der Waals surface area contributed by atoms with E-state index >= 15 is 0 Å². The van der Waals surface area contributed by atoms with Crippen LogP contribution in [0, 0.1) is 29.6 Å². The van der Waals surface area contributed by atoms with E-state index in [0.29, 0.717) is 5.92 Å². The van der Waals surface area contributed by atoms with E-state index in [2.05, 4.69) is 53.3 Å². The van der Waals surface area contributed by atoms with Crippen LogP contribution < -0.4 is 0 Å². The van der Waals surface area contributed by atoms with Crippen LogP contribution in [0.1, 0.15) is 48.0 Å². The van der Waals surface area contributed by atoms with Crippen molar-refractivity contribution in [1.29, 1.82) is 0 Å².